The number of hydrogen-bond donors (Lipinski definition) is 1. The third-order valence-corrected chi connectivity index (χ3v) is 3.94. The molecule has 5 nitrogen and oxygen atoms in total. The van der Waals surface area contributed by atoms with Gasteiger partial charge in [-0.25, -0.2) is 0 Å². The molecule has 1 aromatic heterocycles. The first-order valence-corrected chi connectivity index (χ1v) is 7.54. The van der Waals surface area contributed by atoms with Crippen LogP contribution in [0.2, 0.25) is 0 Å². The zero-order chi connectivity index (χ0) is 15.4. The highest BCUT2D eigenvalue weighted by atomic mass is 16.2. The molecule has 0 aliphatic carbocycles. The van der Waals surface area contributed by atoms with Crippen molar-refractivity contribution < 1.29 is 9.59 Å². The number of carbonyl (C=O) groups is 2. The van der Waals surface area contributed by atoms with Gasteiger partial charge >= 0.3 is 0 Å². The van der Waals surface area contributed by atoms with Crippen LogP contribution >= 0.6 is 0 Å². The summed E-state index contributed by atoms with van der Waals surface area (Å²) in [7, 11) is 0. The molecule has 2 unspecified atom stereocenters. The topological polar surface area (TPSA) is 62.3 Å². The second kappa shape index (κ2) is 6.70. The number of rotatable bonds is 5. The molecule has 1 fully saturated rings. The number of nitrogens with zero attached hydrogens (tertiary/aromatic N) is 2. The van der Waals surface area contributed by atoms with Crippen molar-refractivity contribution in [2.24, 2.45) is 5.92 Å². The van der Waals surface area contributed by atoms with E-state index >= 15 is 0 Å². The minimum atomic E-state index is -0.408. The Hall–Kier alpha value is -1.91. The number of aromatic nitrogens is 1. The Morgan fingerprint density at radius 1 is 1.38 bits per heavy atom. The number of pyridine rings is 1. The largest absolute Gasteiger partial charge is 0.342 e. The SMILES string of the molecule is CCC1C(=O)NC(C(C)C)C(=O)N1CCc1cccnc1. The maximum absolute atomic E-state index is 12.6. The van der Waals surface area contributed by atoms with Crippen LogP contribution in [0, 0.1) is 5.92 Å². The van der Waals surface area contributed by atoms with Gasteiger partial charge in [0, 0.05) is 18.9 Å². The Morgan fingerprint density at radius 3 is 2.71 bits per heavy atom. The molecular weight excluding hydrogens is 266 g/mol. The molecule has 5 heteroatoms. The Morgan fingerprint density at radius 2 is 2.14 bits per heavy atom. The van der Waals surface area contributed by atoms with E-state index in [0.29, 0.717) is 19.4 Å². The van der Waals surface area contributed by atoms with E-state index in [4.69, 9.17) is 0 Å². The fraction of sp³-hybridized carbons (Fsp3) is 0.562. The van der Waals surface area contributed by atoms with Crippen molar-refractivity contribution in [1.29, 1.82) is 0 Å². The first kappa shape index (κ1) is 15.5. The molecule has 1 N–H and O–H groups in total. The van der Waals surface area contributed by atoms with Crippen LogP contribution in [0.15, 0.2) is 24.5 Å². The number of nitrogens with one attached hydrogen (secondary N) is 1. The molecule has 2 heterocycles. The Bertz CT molecular complexity index is 502. The summed E-state index contributed by atoms with van der Waals surface area (Å²) in [5.74, 6) is 0.0856. The standard InChI is InChI=1S/C16H23N3O2/c1-4-13-15(20)18-14(11(2)3)16(21)19(13)9-7-12-6-5-8-17-10-12/h5-6,8,10-11,13-14H,4,7,9H2,1-3H3,(H,18,20). The first-order valence-electron chi connectivity index (χ1n) is 7.54. The quantitative estimate of drug-likeness (QED) is 0.891. The molecule has 0 spiro atoms. The minimum Gasteiger partial charge on any atom is -0.342 e. The monoisotopic (exact) mass is 289 g/mol. The van der Waals surface area contributed by atoms with Crippen molar-refractivity contribution in [1.82, 2.24) is 15.2 Å². The van der Waals surface area contributed by atoms with Gasteiger partial charge in [0.1, 0.15) is 12.1 Å². The molecule has 1 aromatic rings. The van der Waals surface area contributed by atoms with Crippen molar-refractivity contribution in [3.05, 3.63) is 30.1 Å². The lowest BCUT2D eigenvalue weighted by Crippen LogP contribution is -2.64. The van der Waals surface area contributed by atoms with Crippen LogP contribution in [-0.2, 0) is 16.0 Å². The average molecular weight is 289 g/mol. The Labute approximate surface area is 125 Å². The van der Waals surface area contributed by atoms with Crippen molar-refractivity contribution >= 4 is 11.8 Å². The maximum Gasteiger partial charge on any atom is 0.246 e. The smallest absolute Gasteiger partial charge is 0.246 e. The van der Waals surface area contributed by atoms with Crippen LogP contribution in [0.1, 0.15) is 32.8 Å². The lowest BCUT2D eigenvalue weighted by molar-refractivity contribution is -0.150. The fourth-order valence-electron chi connectivity index (χ4n) is 2.70. The summed E-state index contributed by atoms with van der Waals surface area (Å²) in [6.45, 7) is 6.40. The van der Waals surface area contributed by atoms with Crippen molar-refractivity contribution in [3.8, 4) is 0 Å². The summed E-state index contributed by atoms with van der Waals surface area (Å²) in [6, 6.07) is 3.11. The van der Waals surface area contributed by atoms with Gasteiger partial charge in [0.15, 0.2) is 0 Å². The van der Waals surface area contributed by atoms with E-state index in [1.807, 2.05) is 32.9 Å². The van der Waals surface area contributed by atoms with Gasteiger partial charge in [-0.3, -0.25) is 14.6 Å². The molecule has 2 rings (SSSR count). The summed E-state index contributed by atoms with van der Waals surface area (Å²) in [4.78, 5) is 30.6. The molecule has 0 bridgehead atoms. The summed E-state index contributed by atoms with van der Waals surface area (Å²) >= 11 is 0. The van der Waals surface area contributed by atoms with E-state index in [-0.39, 0.29) is 23.8 Å². The third-order valence-electron chi connectivity index (χ3n) is 3.94. The van der Waals surface area contributed by atoms with Gasteiger partial charge in [-0.2, -0.15) is 0 Å². The minimum absolute atomic E-state index is 0.0281. The molecule has 2 amide bonds. The van der Waals surface area contributed by atoms with Crippen molar-refractivity contribution in [2.45, 2.75) is 45.7 Å². The number of piperazine rings is 1. The van der Waals surface area contributed by atoms with Crippen LogP contribution in [0.5, 0.6) is 0 Å². The van der Waals surface area contributed by atoms with E-state index in [1.54, 1.807) is 17.3 Å². The molecule has 0 radical (unpaired) electrons. The maximum atomic E-state index is 12.6. The van der Waals surface area contributed by atoms with Gasteiger partial charge in [0.05, 0.1) is 0 Å². The summed E-state index contributed by atoms with van der Waals surface area (Å²) in [6.07, 6.45) is 4.88. The molecule has 114 valence electrons. The molecule has 0 aromatic carbocycles. The van der Waals surface area contributed by atoms with E-state index in [0.717, 1.165) is 5.56 Å². The van der Waals surface area contributed by atoms with E-state index in [1.165, 1.54) is 0 Å². The normalized spacial score (nSPS) is 22.6. The van der Waals surface area contributed by atoms with E-state index < -0.39 is 6.04 Å². The number of amides is 2. The fourth-order valence-corrected chi connectivity index (χ4v) is 2.70. The predicted octanol–water partition coefficient (Wildman–Crippen LogP) is 1.39. The molecule has 1 aliphatic heterocycles. The zero-order valence-corrected chi connectivity index (χ0v) is 12.9. The first-order chi connectivity index (χ1) is 10.0. The highest BCUT2D eigenvalue weighted by molar-refractivity contribution is 5.97. The van der Waals surface area contributed by atoms with Crippen LogP contribution < -0.4 is 5.32 Å². The van der Waals surface area contributed by atoms with E-state index in [9.17, 15) is 9.59 Å². The molecule has 1 saturated heterocycles. The lowest BCUT2D eigenvalue weighted by Gasteiger charge is -2.40. The molecule has 1 aliphatic rings. The van der Waals surface area contributed by atoms with Gasteiger partial charge < -0.3 is 10.2 Å². The average Bonchev–Trinajstić information content (AvgIpc) is 2.48. The molecule has 21 heavy (non-hydrogen) atoms. The lowest BCUT2D eigenvalue weighted by atomic mass is 9.96. The highest BCUT2D eigenvalue weighted by Gasteiger charge is 2.40. The van der Waals surface area contributed by atoms with Crippen LogP contribution in [0.3, 0.4) is 0 Å². The summed E-state index contributed by atoms with van der Waals surface area (Å²) in [5, 5.41) is 2.85. The highest BCUT2D eigenvalue weighted by Crippen LogP contribution is 2.18. The zero-order valence-electron chi connectivity index (χ0n) is 12.9. The third kappa shape index (κ3) is 3.40. The Balaban J connectivity index is 2.12. The van der Waals surface area contributed by atoms with Crippen molar-refractivity contribution in [3.63, 3.8) is 0 Å². The summed E-state index contributed by atoms with van der Waals surface area (Å²) < 4.78 is 0. The van der Waals surface area contributed by atoms with Gasteiger partial charge in [-0.05, 0) is 30.4 Å². The number of carbonyl (C=O) groups excluding carboxylic acids is 2. The van der Waals surface area contributed by atoms with Gasteiger partial charge in [-0.15, -0.1) is 0 Å². The van der Waals surface area contributed by atoms with Crippen LogP contribution in [0.25, 0.3) is 0 Å². The van der Waals surface area contributed by atoms with E-state index in [2.05, 4.69) is 10.3 Å². The second-order valence-corrected chi connectivity index (χ2v) is 5.80. The van der Waals surface area contributed by atoms with Crippen molar-refractivity contribution in [2.75, 3.05) is 6.54 Å². The Kier molecular flexibility index (Phi) is 4.94. The predicted molar refractivity (Wildman–Crippen MR) is 80.5 cm³/mol. The van der Waals surface area contributed by atoms with Gasteiger partial charge in [0.2, 0.25) is 11.8 Å². The van der Waals surface area contributed by atoms with Crippen LogP contribution in [0.4, 0.5) is 0 Å². The summed E-state index contributed by atoms with van der Waals surface area (Å²) in [5.41, 5.74) is 1.08. The molecular formula is C16H23N3O2. The second-order valence-electron chi connectivity index (χ2n) is 5.80. The van der Waals surface area contributed by atoms with Gasteiger partial charge in [-0.1, -0.05) is 26.8 Å². The molecule has 0 saturated carbocycles. The number of hydrogen-bond acceptors (Lipinski definition) is 3. The van der Waals surface area contributed by atoms with Gasteiger partial charge in [0.25, 0.3) is 0 Å². The molecule has 2 atom stereocenters. The van der Waals surface area contributed by atoms with Crippen LogP contribution in [-0.4, -0.2) is 40.3 Å².